The number of hydrogen-bond donors (Lipinski definition) is 1. The van der Waals surface area contributed by atoms with Gasteiger partial charge in [-0.15, -0.1) is 0 Å². The molecule has 3 rings (SSSR count). The zero-order valence-electron chi connectivity index (χ0n) is 7.46. The van der Waals surface area contributed by atoms with Crippen LogP contribution in [0.25, 0.3) is 0 Å². The fourth-order valence-corrected chi connectivity index (χ4v) is 3.71. The third kappa shape index (κ3) is 0.647. The number of rotatable bonds is 0. The van der Waals surface area contributed by atoms with Gasteiger partial charge in [-0.25, -0.2) is 0 Å². The molecule has 1 aliphatic heterocycles. The summed E-state index contributed by atoms with van der Waals surface area (Å²) in [6.07, 6.45) is 7.17. The summed E-state index contributed by atoms with van der Waals surface area (Å²) >= 11 is 0. The first-order valence-corrected chi connectivity index (χ1v) is 5.22. The largest absolute Gasteiger partial charge is 0.377 e. The molecule has 0 aromatic heterocycles. The van der Waals surface area contributed by atoms with Gasteiger partial charge < -0.3 is 10.5 Å². The van der Waals surface area contributed by atoms with Crippen molar-refractivity contribution in [3.63, 3.8) is 0 Å². The molecule has 3 fully saturated rings. The minimum atomic E-state index is 0.432. The van der Waals surface area contributed by atoms with Crippen molar-refractivity contribution in [3.8, 4) is 0 Å². The monoisotopic (exact) mass is 167 g/mol. The third-order valence-electron chi connectivity index (χ3n) is 4.36. The summed E-state index contributed by atoms with van der Waals surface area (Å²) in [4.78, 5) is 0. The van der Waals surface area contributed by atoms with Crippen molar-refractivity contribution in [2.75, 3.05) is 6.61 Å². The van der Waals surface area contributed by atoms with Crippen molar-refractivity contribution in [3.05, 3.63) is 0 Å². The van der Waals surface area contributed by atoms with E-state index in [1.54, 1.807) is 0 Å². The molecule has 1 saturated heterocycles. The van der Waals surface area contributed by atoms with E-state index in [9.17, 15) is 0 Å². The Morgan fingerprint density at radius 1 is 1.25 bits per heavy atom. The molecule has 2 aliphatic carbocycles. The summed E-state index contributed by atoms with van der Waals surface area (Å²) in [7, 11) is 0. The van der Waals surface area contributed by atoms with Crippen molar-refractivity contribution in [2.24, 2.45) is 17.1 Å². The molecule has 0 aromatic rings. The van der Waals surface area contributed by atoms with Crippen LogP contribution >= 0.6 is 0 Å². The maximum atomic E-state index is 6.22. The molecule has 3 atom stereocenters. The summed E-state index contributed by atoms with van der Waals surface area (Å²) in [5.41, 5.74) is 6.66. The highest BCUT2D eigenvalue weighted by atomic mass is 16.5. The van der Waals surface area contributed by atoms with Crippen molar-refractivity contribution < 1.29 is 4.74 Å². The van der Waals surface area contributed by atoms with E-state index in [0.29, 0.717) is 23.5 Å². The quantitative estimate of drug-likeness (QED) is 0.590. The van der Waals surface area contributed by atoms with Crippen molar-refractivity contribution >= 4 is 0 Å². The standard InChI is InChI=1S/C10H17NO/c11-8-7-3-6-12-9(7)10(8)4-1-2-5-10/h7-9H,1-6,11H2/t7-,8-,9+/m1/s1. The average Bonchev–Trinajstić information content (AvgIpc) is 2.72. The lowest BCUT2D eigenvalue weighted by Gasteiger charge is -2.55. The zero-order chi connectivity index (χ0) is 8.18. The van der Waals surface area contributed by atoms with Gasteiger partial charge in [0.25, 0.3) is 0 Å². The minimum Gasteiger partial charge on any atom is -0.377 e. The van der Waals surface area contributed by atoms with E-state index in [-0.39, 0.29) is 0 Å². The van der Waals surface area contributed by atoms with E-state index in [1.807, 2.05) is 0 Å². The Balaban J connectivity index is 1.87. The molecule has 3 aliphatic rings. The Labute approximate surface area is 73.5 Å². The van der Waals surface area contributed by atoms with Gasteiger partial charge >= 0.3 is 0 Å². The lowest BCUT2D eigenvalue weighted by Crippen LogP contribution is -2.65. The van der Waals surface area contributed by atoms with E-state index >= 15 is 0 Å². The zero-order valence-corrected chi connectivity index (χ0v) is 7.46. The highest BCUT2D eigenvalue weighted by molar-refractivity contribution is 5.15. The fourth-order valence-electron chi connectivity index (χ4n) is 3.71. The van der Waals surface area contributed by atoms with Crippen molar-refractivity contribution in [1.82, 2.24) is 0 Å². The number of fused-ring (bicyclic) bond motifs is 2. The van der Waals surface area contributed by atoms with E-state index < -0.39 is 0 Å². The summed E-state index contributed by atoms with van der Waals surface area (Å²) in [6.45, 7) is 0.963. The molecule has 1 spiro atoms. The van der Waals surface area contributed by atoms with Crippen LogP contribution in [0.5, 0.6) is 0 Å². The van der Waals surface area contributed by atoms with Crippen LogP contribution in [0.4, 0.5) is 0 Å². The third-order valence-corrected chi connectivity index (χ3v) is 4.36. The van der Waals surface area contributed by atoms with E-state index in [2.05, 4.69) is 0 Å². The molecule has 2 N–H and O–H groups in total. The molecule has 0 radical (unpaired) electrons. The SMILES string of the molecule is N[C@@H]1[C@H]2CCO[C@@H]2C12CCCC2. The predicted octanol–water partition coefficient (Wildman–Crippen LogP) is 1.29. The molecular formula is C10H17NO. The molecule has 0 bridgehead atoms. The summed E-state index contributed by atoms with van der Waals surface area (Å²) < 4.78 is 5.78. The summed E-state index contributed by atoms with van der Waals surface area (Å²) in [5, 5.41) is 0. The first kappa shape index (κ1) is 7.34. The molecule has 2 saturated carbocycles. The van der Waals surface area contributed by atoms with E-state index in [0.717, 1.165) is 6.61 Å². The van der Waals surface area contributed by atoms with Crippen molar-refractivity contribution in [2.45, 2.75) is 44.2 Å². The lowest BCUT2D eigenvalue weighted by atomic mass is 9.55. The van der Waals surface area contributed by atoms with Crippen LogP contribution in [0, 0.1) is 11.3 Å². The summed E-state index contributed by atoms with van der Waals surface area (Å²) in [5.74, 6) is 0.711. The van der Waals surface area contributed by atoms with Gasteiger partial charge in [0.1, 0.15) is 0 Å². The van der Waals surface area contributed by atoms with Crippen LogP contribution in [-0.2, 0) is 4.74 Å². The lowest BCUT2D eigenvalue weighted by molar-refractivity contribution is -0.118. The molecule has 0 unspecified atom stereocenters. The van der Waals surface area contributed by atoms with Gasteiger partial charge in [0, 0.05) is 24.0 Å². The first-order valence-electron chi connectivity index (χ1n) is 5.22. The fraction of sp³-hybridized carbons (Fsp3) is 1.00. The maximum absolute atomic E-state index is 6.22. The Morgan fingerprint density at radius 3 is 2.75 bits per heavy atom. The Kier molecular flexibility index (Phi) is 1.37. The first-order chi connectivity index (χ1) is 5.84. The Morgan fingerprint density at radius 2 is 2.00 bits per heavy atom. The number of hydrogen-bond acceptors (Lipinski definition) is 2. The van der Waals surface area contributed by atoms with Crippen LogP contribution in [0.2, 0.25) is 0 Å². The topological polar surface area (TPSA) is 35.2 Å². The highest BCUT2D eigenvalue weighted by Gasteiger charge is 2.63. The highest BCUT2D eigenvalue weighted by Crippen LogP contribution is 2.59. The average molecular weight is 167 g/mol. The van der Waals surface area contributed by atoms with E-state index in [4.69, 9.17) is 10.5 Å². The minimum absolute atomic E-state index is 0.432. The number of ether oxygens (including phenoxy) is 1. The molecule has 0 amide bonds. The van der Waals surface area contributed by atoms with Crippen LogP contribution in [0.1, 0.15) is 32.1 Å². The number of nitrogens with two attached hydrogens (primary N) is 1. The van der Waals surface area contributed by atoms with Crippen LogP contribution in [0.3, 0.4) is 0 Å². The molecular weight excluding hydrogens is 150 g/mol. The Hall–Kier alpha value is -0.0800. The second-order valence-corrected chi connectivity index (χ2v) is 4.71. The van der Waals surface area contributed by atoms with Gasteiger partial charge in [-0.3, -0.25) is 0 Å². The Bertz CT molecular complexity index is 198. The molecule has 2 heteroatoms. The second-order valence-electron chi connectivity index (χ2n) is 4.71. The van der Waals surface area contributed by atoms with Gasteiger partial charge in [0.05, 0.1) is 6.10 Å². The molecule has 1 heterocycles. The van der Waals surface area contributed by atoms with Gasteiger partial charge in [-0.1, -0.05) is 12.8 Å². The molecule has 68 valence electrons. The van der Waals surface area contributed by atoms with Gasteiger partial charge in [0.15, 0.2) is 0 Å². The van der Waals surface area contributed by atoms with Gasteiger partial charge in [0.2, 0.25) is 0 Å². The van der Waals surface area contributed by atoms with Crippen LogP contribution < -0.4 is 5.73 Å². The smallest absolute Gasteiger partial charge is 0.0690 e. The maximum Gasteiger partial charge on any atom is 0.0690 e. The second kappa shape index (κ2) is 2.24. The molecule has 2 nitrogen and oxygen atoms in total. The van der Waals surface area contributed by atoms with Crippen LogP contribution in [0.15, 0.2) is 0 Å². The predicted molar refractivity (Wildman–Crippen MR) is 46.7 cm³/mol. The summed E-state index contributed by atoms with van der Waals surface area (Å²) in [6, 6.07) is 0.465. The van der Waals surface area contributed by atoms with Gasteiger partial charge in [-0.05, 0) is 19.3 Å². The van der Waals surface area contributed by atoms with E-state index in [1.165, 1.54) is 32.1 Å². The van der Waals surface area contributed by atoms with Gasteiger partial charge in [-0.2, -0.15) is 0 Å². The molecule has 12 heavy (non-hydrogen) atoms. The van der Waals surface area contributed by atoms with Crippen molar-refractivity contribution in [1.29, 1.82) is 0 Å². The molecule has 0 aromatic carbocycles. The van der Waals surface area contributed by atoms with Crippen LogP contribution in [-0.4, -0.2) is 18.8 Å². The normalized spacial score (nSPS) is 49.2.